The summed E-state index contributed by atoms with van der Waals surface area (Å²) in [6, 6.07) is 0. The van der Waals surface area contributed by atoms with Gasteiger partial charge in [-0.3, -0.25) is 0 Å². The molecule has 0 nitrogen and oxygen atoms in total. The third-order valence-corrected chi connectivity index (χ3v) is 0. The fourth-order valence-corrected chi connectivity index (χ4v) is 0. The molecule has 4 heavy (non-hydrogen) atoms. The Kier molecular flexibility index (Phi) is 174. The van der Waals surface area contributed by atoms with E-state index in [-0.39, 0.29) is 69.5 Å². The number of rotatable bonds is 0. The van der Waals surface area contributed by atoms with Crippen LogP contribution in [0.2, 0.25) is 0 Å². The standard InChI is InChI=1S/BH3.Ca.H3P.H2S.2H/h1H3;;1H3;1H2;;. The summed E-state index contributed by atoms with van der Waals surface area (Å²) in [6.07, 6.45) is 0. The SMILES string of the molecule is B.P.S.[CaH2]. The summed E-state index contributed by atoms with van der Waals surface area (Å²) in [4.78, 5) is 0. The molecule has 1 atom stereocenters. The average Bonchev–Trinajstić information content (AvgIpc) is 0. The normalized spacial score (nSPS) is 0. The molecular formula is H10BCaPS. The van der Waals surface area contributed by atoms with E-state index in [4.69, 9.17) is 0 Å². The van der Waals surface area contributed by atoms with Gasteiger partial charge in [0.1, 0.15) is 0 Å². The third-order valence-electron chi connectivity index (χ3n) is 0. The fraction of sp³-hybridized carbons (Fsp3) is 0. The van der Waals surface area contributed by atoms with E-state index in [2.05, 4.69) is 0 Å². The predicted molar refractivity (Wildman–Crippen MR) is 40.0 cm³/mol. The molecule has 4 heteroatoms. The van der Waals surface area contributed by atoms with Gasteiger partial charge in [0.15, 0.2) is 0 Å². The molecule has 1 unspecified atom stereocenters. The van der Waals surface area contributed by atoms with Gasteiger partial charge in [0.2, 0.25) is 0 Å². The summed E-state index contributed by atoms with van der Waals surface area (Å²) in [7, 11) is 0. The van der Waals surface area contributed by atoms with Crippen LogP contribution in [-0.4, -0.2) is 46.2 Å². The second-order valence-corrected chi connectivity index (χ2v) is 0. The van der Waals surface area contributed by atoms with Crippen molar-refractivity contribution >= 4 is 69.5 Å². The maximum atomic E-state index is 0. The quantitative estimate of drug-likeness (QED) is 0.260. The summed E-state index contributed by atoms with van der Waals surface area (Å²) < 4.78 is 0. The van der Waals surface area contributed by atoms with Gasteiger partial charge in [-0.15, -0.1) is 0 Å². The van der Waals surface area contributed by atoms with Gasteiger partial charge in [-0.1, -0.05) is 0 Å². The Morgan fingerprint density at radius 1 is 1.00 bits per heavy atom. The molecule has 26 valence electrons. The van der Waals surface area contributed by atoms with Gasteiger partial charge in [-0.2, -0.15) is 23.4 Å². The molecular weight excluding hydrogens is 114 g/mol. The van der Waals surface area contributed by atoms with Crippen molar-refractivity contribution in [3.05, 3.63) is 0 Å². The molecule has 0 fully saturated rings. The Balaban J connectivity index is 0. The Labute approximate surface area is 68.8 Å². The van der Waals surface area contributed by atoms with E-state index in [9.17, 15) is 0 Å². The Morgan fingerprint density at radius 3 is 1.00 bits per heavy atom. The molecule has 0 aromatic carbocycles. The van der Waals surface area contributed by atoms with Crippen molar-refractivity contribution in [2.75, 3.05) is 0 Å². The van der Waals surface area contributed by atoms with Gasteiger partial charge in [0, 0.05) is 0 Å². The van der Waals surface area contributed by atoms with Crippen LogP contribution >= 0.6 is 23.4 Å². The molecule has 0 saturated heterocycles. The molecule has 0 amide bonds. The van der Waals surface area contributed by atoms with Crippen LogP contribution in [0.4, 0.5) is 0 Å². The summed E-state index contributed by atoms with van der Waals surface area (Å²) in [6.45, 7) is 0. The molecule has 0 aliphatic heterocycles. The Bertz CT molecular complexity index is 8.00. The van der Waals surface area contributed by atoms with E-state index in [1.54, 1.807) is 0 Å². The minimum absolute atomic E-state index is 0. The monoisotopic (exact) mass is 124 g/mol. The molecule has 0 saturated carbocycles. The molecule has 0 aliphatic rings. The van der Waals surface area contributed by atoms with Crippen LogP contribution in [0.5, 0.6) is 0 Å². The van der Waals surface area contributed by atoms with E-state index in [0.29, 0.717) is 0 Å². The Hall–Kier alpha value is 2.10. The van der Waals surface area contributed by atoms with Crippen molar-refractivity contribution in [1.29, 1.82) is 0 Å². The van der Waals surface area contributed by atoms with Crippen molar-refractivity contribution < 1.29 is 0 Å². The number of hydrogen-bond acceptors (Lipinski definition) is 0. The first-order chi connectivity index (χ1) is 0. The second kappa shape index (κ2) is 19.4. The van der Waals surface area contributed by atoms with Crippen molar-refractivity contribution in [2.24, 2.45) is 0 Å². The van der Waals surface area contributed by atoms with Crippen LogP contribution in [0.3, 0.4) is 0 Å². The van der Waals surface area contributed by atoms with Gasteiger partial charge in [0.25, 0.3) is 0 Å². The molecule has 0 bridgehead atoms. The zero-order valence-electron chi connectivity index (χ0n) is 1.21. The molecule has 0 N–H and O–H groups in total. The van der Waals surface area contributed by atoms with Crippen molar-refractivity contribution in [3.63, 3.8) is 0 Å². The van der Waals surface area contributed by atoms with Crippen LogP contribution in [0.15, 0.2) is 0 Å². The zero-order chi connectivity index (χ0) is 0. The van der Waals surface area contributed by atoms with Gasteiger partial charge >= 0.3 is 37.7 Å². The van der Waals surface area contributed by atoms with Gasteiger partial charge in [-0.25, -0.2) is 0 Å². The van der Waals surface area contributed by atoms with E-state index >= 15 is 0 Å². The summed E-state index contributed by atoms with van der Waals surface area (Å²) in [5, 5.41) is 0. The van der Waals surface area contributed by atoms with E-state index < -0.39 is 0 Å². The van der Waals surface area contributed by atoms with E-state index in [1.165, 1.54) is 0 Å². The molecule has 0 aromatic heterocycles. The predicted octanol–water partition coefficient (Wildman–Crippen LogP) is -1.93. The van der Waals surface area contributed by atoms with Crippen LogP contribution in [0.25, 0.3) is 0 Å². The second-order valence-electron chi connectivity index (χ2n) is 0. The van der Waals surface area contributed by atoms with Crippen LogP contribution < -0.4 is 0 Å². The molecule has 0 rings (SSSR count). The van der Waals surface area contributed by atoms with Crippen LogP contribution in [0.1, 0.15) is 0 Å². The topological polar surface area (TPSA) is 0 Å². The van der Waals surface area contributed by atoms with Crippen molar-refractivity contribution in [2.45, 2.75) is 0 Å². The Morgan fingerprint density at radius 2 is 1.00 bits per heavy atom. The average molecular weight is 124 g/mol. The van der Waals surface area contributed by atoms with Gasteiger partial charge < -0.3 is 0 Å². The van der Waals surface area contributed by atoms with Crippen LogP contribution in [-0.2, 0) is 0 Å². The maximum absolute atomic E-state index is 0. The molecule has 0 heterocycles. The molecule has 0 aliphatic carbocycles. The summed E-state index contributed by atoms with van der Waals surface area (Å²) >= 11 is 0. The zero-order valence-corrected chi connectivity index (χ0v) is 3.62. The number of hydrogen-bond donors (Lipinski definition) is 0. The minimum atomic E-state index is 0. The first-order valence-electron chi connectivity index (χ1n) is 0. The van der Waals surface area contributed by atoms with Crippen LogP contribution in [0, 0.1) is 0 Å². The van der Waals surface area contributed by atoms with E-state index in [1.807, 2.05) is 0 Å². The van der Waals surface area contributed by atoms with Crippen molar-refractivity contribution in [1.82, 2.24) is 0 Å². The summed E-state index contributed by atoms with van der Waals surface area (Å²) in [5.41, 5.74) is 0. The summed E-state index contributed by atoms with van der Waals surface area (Å²) in [5.74, 6) is 0. The van der Waals surface area contributed by atoms with Gasteiger partial charge in [0.05, 0.1) is 8.41 Å². The molecule has 0 radical (unpaired) electrons. The third kappa shape index (κ3) is 8.93. The first-order valence-corrected chi connectivity index (χ1v) is 0. The van der Waals surface area contributed by atoms with Crippen molar-refractivity contribution in [3.8, 4) is 0 Å². The van der Waals surface area contributed by atoms with E-state index in [0.717, 1.165) is 0 Å². The molecule has 0 spiro atoms. The van der Waals surface area contributed by atoms with Gasteiger partial charge in [-0.05, 0) is 0 Å². The first kappa shape index (κ1) is 35.9. The molecule has 0 aromatic rings. The fourth-order valence-electron chi connectivity index (χ4n) is 0.